The van der Waals surface area contributed by atoms with E-state index in [2.05, 4.69) is 0 Å². The van der Waals surface area contributed by atoms with Crippen molar-refractivity contribution < 1.29 is 79.6 Å². The quantitative estimate of drug-likeness (QED) is 0.354. The van der Waals surface area contributed by atoms with E-state index in [0.717, 1.165) is 0 Å². The van der Waals surface area contributed by atoms with Crippen molar-refractivity contribution in [3.8, 4) is 0 Å². The van der Waals surface area contributed by atoms with Crippen molar-refractivity contribution in [1.29, 1.82) is 0 Å². The van der Waals surface area contributed by atoms with Crippen molar-refractivity contribution in [2.75, 3.05) is 0 Å². The SMILES string of the molecule is OO.[Ag].[Ag].[O]=[Ag]. The molecule has 0 aromatic carbocycles. The van der Waals surface area contributed by atoms with Crippen LogP contribution in [-0.4, -0.2) is 10.5 Å². The van der Waals surface area contributed by atoms with Crippen LogP contribution in [0.4, 0.5) is 0 Å². The van der Waals surface area contributed by atoms with Crippen LogP contribution in [0.25, 0.3) is 0 Å². The summed E-state index contributed by atoms with van der Waals surface area (Å²) in [4.78, 5) is 0. The van der Waals surface area contributed by atoms with Crippen molar-refractivity contribution in [3.05, 3.63) is 0 Å². The van der Waals surface area contributed by atoms with Gasteiger partial charge in [0.25, 0.3) is 0 Å². The fourth-order valence-electron chi connectivity index (χ4n) is 0. The minimum absolute atomic E-state index is 0. The molecule has 0 aliphatic rings. The van der Waals surface area contributed by atoms with Gasteiger partial charge in [-0.05, 0) is 0 Å². The molecule has 0 aromatic rings. The molecule has 0 heterocycles. The second kappa shape index (κ2) is 65.0. The van der Waals surface area contributed by atoms with E-state index in [1.165, 1.54) is 0 Å². The van der Waals surface area contributed by atoms with Crippen LogP contribution >= 0.6 is 0 Å². The summed E-state index contributed by atoms with van der Waals surface area (Å²) < 4.78 is 8.06. The van der Waals surface area contributed by atoms with Crippen LogP contribution < -0.4 is 0 Å². The maximum atomic E-state index is 8.06. The van der Waals surface area contributed by atoms with Gasteiger partial charge in [-0.3, -0.25) is 10.5 Å². The van der Waals surface area contributed by atoms with E-state index >= 15 is 0 Å². The van der Waals surface area contributed by atoms with Crippen molar-refractivity contribution in [2.45, 2.75) is 0 Å². The van der Waals surface area contributed by atoms with Gasteiger partial charge in [-0.2, -0.15) is 0 Å². The Morgan fingerprint density at radius 3 is 1.00 bits per heavy atom. The molecule has 2 radical (unpaired) electrons. The molecule has 0 aromatic heterocycles. The predicted molar refractivity (Wildman–Crippen MR) is 5.94 cm³/mol. The maximum absolute atomic E-state index is 8.06. The van der Waals surface area contributed by atoms with Gasteiger partial charge < -0.3 is 0 Å². The molecule has 2 N–H and O–H groups in total. The Kier molecular flexibility index (Phi) is 267. The third kappa shape index (κ3) is 38.5. The summed E-state index contributed by atoms with van der Waals surface area (Å²) >= 11 is 1.70. The van der Waals surface area contributed by atoms with Crippen LogP contribution in [0.2, 0.25) is 0 Å². The molecule has 3 nitrogen and oxygen atoms in total. The second-order valence-electron chi connectivity index (χ2n) is 0. The zero-order chi connectivity index (χ0) is 4.00. The van der Waals surface area contributed by atoms with Gasteiger partial charge in [0.2, 0.25) is 0 Å². The van der Waals surface area contributed by atoms with Crippen LogP contribution in [0.5, 0.6) is 0 Å². The normalized spacial score (nSPS) is 2.00. The van der Waals surface area contributed by atoms with Crippen molar-refractivity contribution in [2.24, 2.45) is 0 Å². The van der Waals surface area contributed by atoms with E-state index in [0.29, 0.717) is 0 Å². The first-order chi connectivity index (χ1) is 2.00. The van der Waals surface area contributed by atoms with Crippen LogP contribution in [0.15, 0.2) is 0 Å². The molecular formula is H2Ag3O3. The molecule has 0 saturated carbocycles. The number of rotatable bonds is 0. The molecule has 0 bridgehead atoms. The minimum atomic E-state index is 0. The average molecular weight is 374 g/mol. The van der Waals surface area contributed by atoms with Crippen LogP contribution in [0.3, 0.4) is 0 Å². The fourth-order valence-corrected chi connectivity index (χ4v) is 0. The van der Waals surface area contributed by atoms with Crippen molar-refractivity contribution in [1.82, 2.24) is 0 Å². The van der Waals surface area contributed by atoms with E-state index in [1.807, 2.05) is 0 Å². The molecule has 0 atom stereocenters. The number of hydrogen-bond donors (Lipinski definition) is 2. The molecule has 0 unspecified atom stereocenters. The number of hydrogen-bond acceptors (Lipinski definition) is 3. The fraction of sp³-hybridized carbons (Fsp3) is 0. The molecule has 0 rings (SSSR count). The molecule has 6 heavy (non-hydrogen) atoms. The molecule has 53 valence electrons. The third-order valence-electron chi connectivity index (χ3n) is 0. The first-order valence-electron chi connectivity index (χ1n) is 0.323. The average Bonchev–Trinajstić information content (AvgIpc) is 1.50. The van der Waals surface area contributed by atoms with Gasteiger partial charge >= 0.3 is 24.3 Å². The van der Waals surface area contributed by atoms with E-state index in [4.69, 9.17) is 13.8 Å². The molecule has 0 amide bonds. The van der Waals surface area contributed by atoms with Gasteiger partial charge in [0, 0.05) is 44.8 Å². The molecule has 6 heteroatoms. The Hall–Kier alpha value is 1.94. The Morgan fingerprint density at radius 2 is 1.00 bits per heavy atom. The summed E-state index contributed by atoms with van der Waals surface area (Å²) in [6.45, 7) is 0. The second-order valence-corrected chi connectivity index (χ2v) is 0. The Labute approximate surface area is 78.7 Å². The van der Waals surface area contributed by atoms with E-state index in [-0.39, 0.29) is 44.8 Å². The van der Waals surface area contributed by atoms with Crippen LogP contribution in [0, 0.1) is 0 Å². The summed E-state index contributed by atoms with van der Waals surface area (Å²) in [5, 5.41) is 12.0. The van der Waals surface area contributed by atoms with E-state index in [9.17, 15) is 0 Å². The molecule has 0 saturated heterocycles. The first kappa shape index (κ1) is 24.6. The molecule has 0 fully saturated rings. The van der Waals surface area contributed by atoms with E-state index < -0.39 is 0 Å². The third-order valence-corrected chi connectivity index (χ3v) is 0. The van der Waals surface area contributed by atoms with Crippen molar-refractivity contribution in [3.63, 3.8) is 0 Å². The summed E-state index contributed by atoms with van der Waals surface area (Å²) in [5.74, 6) is 0. The Morgan fingerprint density at radius 1 is 1.00 bits per heavy atom. The van der Waals surface area contributed by atoms with Crippen LogP contribution in [-0.2, 0) is 69.1 Å². The van der Waals surface area contributed by atoms with Gasteiger partial charge in [0.1, 0.15) is 0 Å². The standard InChI is InChI=1S/3Ag.H2O2.O/c;;;1-2;/h;;;1-2H;. The molecule has 0 aliphatic carbocycles. The van der Waals surface area contributed by atoms with E-state index in [1.54, 1.807) is 21.0 Å². The topological polar surface area (TPSA) is 57.5 Å². The van der Waals surface area contributed by atoms with Crippen LogP contribution in [0.1, 0.15) is 0 Å². The summed E-state index contributed by atoms with van der Waals surface area (Å²) in [7, 11) is 0. The van der Waals surface area contributed by atoms with Gasteiger partial charge in [0.05, 0.1) is 0 Å². The van der Waals surface area contributed by atoms with Gasteiger partial charge in [-0.1, -0.05) is 0 Å². The molecule has 0 spiro atoms. The first-order valence-corrected chi connectivity index (χ1v) is 0.928. The zero-order valence-corrected chi connectivity index (χ0v) is 6.65. The Bertz CT molecular complexity index is 6.00. The van der Waals surface area contributed by atoms with Crippen molar-refractivity contribution >= 4 is 0 Å². The predicted octanol–water partition coefficient (Wildman–Crippen LogP) is -0.109. The zero-order valence-electron chi connectivity index (χ0n) is 2.21. The van der Waals surface area contributed by atoms with Gasteiger partial charge in [-0.15, -0.1) is 0 Å². The summed E-state index contributed by atoms with van der Waals surface area (Å²) in [6, 6.07) is 0. The monoisotopic (exact) mass is 371 g/mol. The van der Waals surface area contributed by atoms with Gasteiger partial charge in [-0.25, -0.2) is 0 Å². The Balaban J connectivity index is -0.00000000500. The molecule has 0 aliphatic heterocycles. The molecular weight excluding hydrogens is 372 g/mol. The summed E-state index contributed by atoms with van der Waals surface area (Å²) in [5.41, 5.74) is 0. The summed E-state index contributed by atoms with van der Waals surface area (Å²) in [6.07, 6.45) is 0. The van der Waals surface area contributed by atoms with Gasteiger partial charge in [0.15, 0.2) is 0 Å².